The molecule has 26 heavy (non-hydrogen) atoms. The number of morpholine rings is 1. The summed E-state index contributed by atoms with van der Waals surface area (Å²) < 4.78 is 19.5. The molecule has 1 aromatic rings. The van der Waals surface area contributed by atoms with Crippen molar-refractivity contribution in [2.24, 2.45) is 0 Å². The van der Waals surface area contributed by atoms with Gasteiger partial charge in [-0.15, -0.1) is 0 Å². The Morgan fingerprint density at radius 3 is 2.92 bits per heavy atom. The lowest BCUT2D eigenvalue weighted by Crippen LogP contribution is -2.57. The van der Waals surface area contributed by atoms with Gasteiger partial charge in [0.05, 0.1) is 17.2 Å². The number of anilines is 1. The number of halogens is 2. The summed E-state index contributed by atoms with van der Waals surface area (Å²) in [4.78, 5) is 9.38. The Kier molecular flexibility index (Phi) is 6.48. The summed E-state index contributed by atoms with van der Waals surface area (Å²) in [6, 6.07) is 4.17. The van der Waals surface area contributed by atoms with E-state index in [1.807, 2.05) is 12.3 Å². The minimum atomic E-state index is -0.264. The number of aryl methyl sites for hydroxylation is 1. The van der Waals surface area contributed by atoms with Gasteiger partial charge < -0.3 is 9.64 Å². The molecular weight excluding hydrogens is 397 g/mol. The SMILES string of the molecule is C=C/C(F)=C\CC(Br)N1CCC2(CC1)CN(c1cc(C)ccn1)CCO2. The molecule has 142 valence electrons. The van der Waals surface area contributed by atoms with Crippen LogP contribution in [0.1, 0.15) is 24.8 Å². The summed E-state index contributed by atoms with van der Waals surface area (Å²) in [6.07, 6.45) is 7.29. The Labute approximate surface area is 163 Å². The maximum atomic E-state index is 13.3. The summed E-state index contributed by atoms with van der Waals surface area (Å²) in [6.45, 7) is 9.93. The lowest BCUT2D eigenvalue weighted by atomic mass is 9.89. The molecule has 0 saturated carbocycles. The molecule has 0 amide bonds. The Morgan fingerprint density at radius 2 is 2.23 bits per heavy atom. The van der Waals surface area contributed by atoms with Gasteiger partial charge >= 0.3 is 0 Å². The number of allylic oxidation sites excluding steroid dienone is 2. The van der Waals surface area contributed by atoms with E-state index in [0.29, 0.717) is 6.42 Å². The van der Waals surface area contributed by atoms with Gasteiger partial charge in [-0.1, -0.05) is 22.5 Å². The molecule has 2 aliphatic rings. The average molecular weight is 424 g/mol. The van der Waals surface area contributed by atoms with E-state index in [0.717, 1.165) is 51.4 Å². The third kappa shape index (κ3) is 4.72. The van der Waals surface area contributed by atoms with Crippen LogP contribution in [0.25, 0.3) is 0 Å². The zero-order valence-electron chi connectivity index (χ0n) is 15.3. The second-order valence-electron chi connectivity index (χ2n) is 7.14. The van der Waals surface area contributed by atoms with Crippen LogP contribution in [0.5, 0.6) is 0 Å². The number of likely N-dealkylation sites (tertiary alicyclic amines) is 1. The molecule has 0 bridgehead atoms. The highest BCUT2D eigenvalue weighted by Crippen LogP contribution is 2.33. The van der Waals surface area contributed by atoms with E-state index >= 15 is 0 Å². The van der Waals surface area contributed by atoms with E-state index in [1.54, 1.807) is 6.08 Å². The van der Waals surface area contributed by atoms with Crippen molar-refractivity contribution in [3.8, 4) is 0 Å². The second-order valence-corrected chi connectivity index (χ2v) is 8.20. The fourth-order valence-corrected chi connectivity index (χ4v) is 4.29. The highest BCUT2D eigenvalue weighted by Gasteiger charge is 2.40. The number of ether oxygens (including phenoxy) is 1. The quantitative estimate of drug-likeness (QED) is 0.402. The number of piperidine rings is 1. The largest absolute Gasteiger partial charge is 0.371 e. The van der Waals surface area contributed by atoms with E-state index in [1.165, 1.54) is 11.6 Å². The van der Waals surface area contributed by atoms with E-state index in [2.05, 4.69) is 50.3 Å². The van der Waals surface area contributed by atoms with Crippen molar-refractivity contribution in [1.29, 1.82) is 0 Å². The van der Waals surface area contributed by atoms with Crippen LogP contribution in [0.3, 0.4) is 0 Å². The summed E-state index contributed by atoms with van der Waals surface area (Å²) >= 11 is 3.69. The molecule has 1 unspecified atom stereocenters. The molecule has 0 aromatic carbocycles. The van der Waals surface area contributed by atoms with Crippen LogP contribution in [0.2, 0.25) is 0 Å². The zero-order chi connectivity index (χ0) is 18.6. The molecular formula is C20H27BrFN3O. The van der Waals surface area contributed by atoms with Gasteiger partial charge in [-0.2, -0.15) is 0 Å². The monoisotopic (exact) mass is 423 g/mol. The molecule has 1 aromatic heterocycles. The molecule has 3 heterocycles. The molecule has 4 nitrogen and oxygen atoms in total. The molecule has 2 saturated heterocycles. The lowest BCUT2D eigenvalue weighted by molar-refractivity contribution is -0.0921. The minimum absolute atomic E-state index is 0.102. The average Bonchev–Trinajstić information content (AvgIpc) is 2.66. The Bertz CT molecular complexity index is 658. The van der Waals surface area contributed by atoms with Gasteiger partial charge in [0.1, 0.15) is 11.6 Å². The maximum absolute atomic E-state index is 13.3. The van der Waals surface area contributed by atoms with Crippen LogP contribution < -0.4 is 4.90 Å². The van der Waals surface area contributed by atoms with Crippen molar-refractivity contribution in [3.05, 3.63) is 48.5 Å². The predicted molar refractivity (Wildman–Crippen MR) is 107 cm³/mol. The fraction of sp³-hybridized carbons (Fsp3) is 0.550. The van der Waals surface area contributed by atoms with Gasteiger partial charge in [-0.05, 0) is 56.0 Å². The maximum Gasteiger partial charge on any atom is 0.128 e. The first-order valence-corrected chi connectivity index (χ1v) is 10.1. The van der Waals surface area contributed by atoms with Crippen LogP contribution in [0.15, 0.2) is 42.9 Å². The summed E-state index contributed by atoms with van der Waals surface area (Å²) in [5.41, 5.74) is 1.13. The molecule has 6 heteroatoms. The first-order chi connectivity index (χ1) is 12.5. The summed E-state index contributed by atoms with van der Waals surface area (Å²) in [7, 11) is 0. The van der Waals surface area contributed by atoms with Gasteiger partial charge in [0, 0.05) is 32.4 Å². The van der Waals surface area contributed by atoms with E-state index in [4.69, 9.17) is 4.74 Å². The van der Waals surface area contributed by atoms with Crippen molar-refractivity contribution in [2.75, 3.05) is 37.7 Å². The normalized spacial score (nSPS) is 22.4. The van der Waals surface area contributed by atoms with Crippen molar-refractivity contribution in [3.63, 3.8) is 0 Å². The second kappa shape index (κ2) is 8.63. The van der Waals surface area contributed by atoms with Crippen LogP contribution in [0.4, 0.5) is 10.2 Å². The van der Waals surface area contributed by atoms with Gasteiger partial charge in [0.15, 0.2) is 0 Å². The van der Waals surface area contributed by atoms with Crippen molar-refractivity contribution in [1.82, 2.24) is 9.88 Å². The molecule has 1 atom stereocenters. The number of hydrogen-bond acceptors (Lipinski definition) is 4. The smallest absolute Gasteiger partial charge is 0.128 e. The van der Waals surface area contributed by atoms with E-state index in [-0.39, 0.29) is 16.4 Å². The number of hydrogen-bond donors (Lipinski definition) is 0. The van der Waals surface area contributed by atoms with Crippen LogP contribution >= 0.6 is 15.9 Å². The minimum Gasteiger partial charge on any atom is -0.371 e. The Balaban J connectivity index is 1.58. The first kappa shape index (κ1) is 19.5. The summed E-state index contributed by atoms with van der Waals surface area (Å²) in [5.74, 6) is 0.776. The van der Waals surface area contributed by atoms with Crippen molar-refractivity contribution in [2.45, 2.75) is 36.7 Å². The number of nitrogens with zero attached hydrogens (tertiary/aromatic N) is 3. The number of alkyl halides is 1. The fourth-order valence-electron chi connectivity index (χ4n) is 3.69. The Hall–Kier alpha value is -1.24. The zero-order valence-corrected chi connectivity index (χ0v) is 16.9. The van der Waals surface area contributed by atoms with Crippen LogP contribution in [0, 0.1) is 6.92 Å². The van der Waals surface area contributed by atoms with Crippen LogP contribution in [-0.2, 0) is 4.74 Å². The third-order valence-electron chi connectivity index (χ3n) is 5.28. The molecule has 0 aliphatic carbocycles. The number of rotatable bonds is 5. The van der Waals surface area contributed by atoms with Gasteiger partial charge in [-0.25, -0.2) is 9.37 Å². The molecule has 1 spiro atoms. The predicted octanol–water partition coefficient (Wildman–Crippen LogP) is 4.21. The highest BCUT2D eigenvalue weighted by atomic mass is 79.9. The van der Waals surface area contributed by atoms with E-state index < -0.39 is 0 Å². The topological polar surface area (TPSA) is 28.6 Å². The lowest BCUT2D eigenvalue weighted by Gasteiger charge is -2.48. The van der Waals surface area contributed by atoms with Gasteiger partial charge in [0.2, 0.25) is 0 Å². The molecule has 0 radical (unpaired) electrons. The summed E-state index contributed by atoms with van der Waals surface area (Å²) in [5, 5.41) is 0. The van der Waals surface area contributed by atoms with Crippen molar-refractivity contribution >= 4 is 21.7 Å². The molecule has 0 N–H and O–H groups in total. The van der Waals surface area contributed by atoms with Gasteiger partial charge in [-0.3, -0.25) is 4.90 Å². The Morgan fingerprint density at radius 1 is 1.46 bits per heavy atom. The molecule has 2 aliphatic heterocycles. The van der Waals surface area contributed by atoms with Gasteiger partial charge in [0.25, 0.3) is 0 Å². The highest BCUT2D eigenvalue weighted by molar-refractivity contribution is 9.09. The molecule has 3 rings (SSSR count). The third-order valence-corrected chi connectivity index (χ3v) is 6.23. The molecule has 2 fully saturated rings. The van der Waals surface area contributed by atoms with E-state index in [9.17, 15) is 4.39 Å². The van der Waals surface area contributed by atoms with Crippen LogP contribution in [-0.4, -0.2) is 53.2 Å². The number of pyridine rings is 1. The number of aromatic nitrogens is 1. The first-order valence-electron chi connectivity index (χ1n) is 9.19. The standard InChI is InChI=1S/C20H27BrFN3O/c1-3-17(22)4-5-18(21)24-10-7-20(8-11-24)15-25(12-13-26-20)19-14-16(2)6-9-23-19/h3-4,6,9,14,18H,1,5,7-8,10-13,15H2,2H3/b17-4+. The van der Waals surface area contributed by atoms with Crippen molar-refractivity contribution < 1.29 is 9.13 Å².